The van der Waals surface area contributed by atoms with Crippen molar-refractivity contribution in [1.82, 2.24) is 8.28 Å². The van der Waals surface area contributed by atoms with Crippen LogP contribution in [0.3, 0.4) is 0 Å². The van der Waals surface area contributed by atoms with Gasteiger partial charge < -0.3 is 9.47 Å². The molecule has 1 aliphatic heterocycles. The monoisotopic (exact) mass is 556 g/mol. The molecule has 1 saturated heterocycles. The maximum atomic E-state index is 12.8. The summed E-state index contributed by atoms with van der Waals surface area (Å²) in [5.41, 5.74) is 1.41. The minimum Gasteiger partial charge on any atom is -0.493 e. The minimum atomic E-state index is -3.65. The van der Waals surface area contributed by atoms with Gasteiger partial charge in [-0.1, -0.05) is 55.0 Å². The number of ether oxygens (including phenoxy) is 2. The van der Waals surface area contributed by atoms with E-state index >= 15 is 0 Å². The molecule has 0 N–H and O–H groups in total. The summed E-state index contributed by atoms with van der Waals surface area (Å²) in [4.78, 5) is 0.238. The molecule has 8 nitrogen and oxygen atoms in total. The average Bonchev–Trinajstić information content (AvgIpc) is 3.37. The van der Waals surface area contributed by atoms with Gasteiger partial charge in [-0.3, -0.25) is 0 Å². The van der Waals surface area contributed by atoms with E-state index in [0.29, 0.717) is 30.1 Å². The molecule has 1 aromatic heterocycles. The smallest absolute Gasteiger partial charge is 0.268 e. The molecule has 4 aromatic rings. The van der Waals surface area contributed by atoms with Gasteiger partial charge in [0.05, 0.1) is 30.4 Å². The summed E-state index contributed by atoms with van der Waals surface area (Å²) in [5.74, 6) is 1.18. The lowest BCUT2D eigenvalue weighted by Gasteiger charge is -2.25. The van der Waals surface area contributed by atoms with Gasteiger partial charge in [0.2, 0.25) is 10.0 Å². The number of hydrogen-bond donors (Lipinski definition) is 0. The van der Waals surface area contributed by atoms with Crippen molar-refractivity contribution in [2.24, 2.45) is 0 Å². The van der Waals surface area contributed by atoms with Crippen LogP contribution in [0.2, 0.25) is 0 Å². The number of sulfonamides is 1. The van der Waals surface area contributed by atoms with Crippen LogP contribution in [0.1, 0.15) is 24.8 Å². The summed E-state index contributed by atoms with van der Waals surface area (Å²) < 4.78 is 63.0. The number of nitrogens with zero attached hydrogens (tertiary/aromatic N) is 2. The topological polar surface area (TPSA) is 94.9 Å². The molecule has 0 atom stereocenters. The van der Waals surface area contributed by atoms with Crippen molar-refractivity contribution < 1.29 is 26.3 Å². The zero-order valence-electron chi connectivity index (χ0n) is 21.5. The summed E-state index contributed by atoms with van der Waals surface area (Å²) in [6.07, 6.45) is 4.67. The van der Waals surface area contributed by atoms with Crippen LogP contribution in [0.5, 0.6) is 11.5 Å². The van der Waals surface area contributed by atoms with Gasteiger partial charge in [0.25, 0.3) is 10.0 Å². The number of benzene rings is 3. The first-order chi connectivity index (χ1) is 18.3. The largest absolute Gasteiger partial charge is 0.493 e. The van der Waals surface area contributed by atoms with Crippen LogP contribution in [-0.2, 0) is 25.8 Å². The molecule has 1 aliphatic rings. The molecule has 38 heavy (non-hydrogen) atoms. The second kappa shape index (κ2) is 12.0. The van der Waals surface area contributed by atoms with Gasteiger partial charge in [0, 0.05) is 30.7 Å². The molecule has 0 radical (unpaired) electrons. The van der Waals surface area contributed by atoms with Crippen LogP contribution in [-0.4, -0.2) is 52.4 Å². The number of fused-ring (bicyclic) bond motifs is 1. The molecule has 1 fully saturated rings. The Labute approximate surface area is 224 Å². The molecule has 0 spiro atoms. The zero-order valence-corrected chi connectivity index (χ0v) is 23.1. The van der Waals surface area contributed by atoms with Gasteiger partial charge >= 0.3 is 0 Å². The summed E-state index contributed by atoms with van der Waals surface area (Å²) >= 11 is 0. The zero-order chi connectivity index (χ0) is 27.2. The number of methoxy groups -OCH3 is 2. The van der Waals surface area contributed by atoms with Crippen LogP contribution in [0.15, 0.2) is 90.0 Å². The summed E-state index contributed by atoms with van der Waals surface area (Å²) in [5, 5.41) is 0.761. The van der Waals surface area contributed by atoms with Crippen LogP contribution < -0.4 is 9.47 Å². The second-order valence-corrected chi connectivity index (χ2v) is 12.7. The van der Waals surface area contributed by atoms with E-state index in [1.807, 2.05) is 30.3 Å². The maximum Gasteiger partial charge on any atom is 0.268 e. The van der Waals surface area contributed by atoms with Gasteiger partial charge in [-0.2, -0.15) is 0 Å². The third-order valence-electron chi connectivity index (χ3n) is 6.36. The molecule has 0 saturated carbocycles. The van der Waals surface area contributed by atoms with E-state index in [1.165, 1.54) is 17.3 Å². The van der Waals surface area contributed by atoms with E-state index in [1.54, 1.807) is 59.9 Å². The van der Waals surface area contributed by atoms with Crippen molar-refractivity contribution in [2.45, 2.75) is 29.9 Å². The highest BCUT2D eigenvalue weighted by Crippen LogP contribution is 2.34. The van der Waals surface area contributed by atoms with E-state index in [-0.39, 0.29) is 10.6 Å². The Balaban J connectivity index is 0.000000186. The summed E-state index contributed by atoms with van der Waals surface area (Å²) in [6, 6.07) is 22.8. The fourth-order valence-electron chi connectivity index (χ4n) is 4.37. The molecule has 10 heteroatoms. The molecule has 0 unspecified atom stereocenters. The first-order valence-electron chi connectivity index (χ1n) is 12.3. The van der Waals surface area contributed by atoms with Crippen molar-refractivity contribution >= 4 is 30.9 Å². The van der Waals surface area contributed by atoms with E-state index in [0.717, 1.165) is 30.2 Å². The van der Waals surface area contributed by atoms with Gasteiger partial charge in [-0.05, 0) is 42.7 Å². The predicted molar refractivity (Wildman–Crippen MR) is 149 cm³/mol. The predicted octanol–water partition coefficient (Wildman–Crippen LogP) is 4.90. The quantitative estimate of drug-likeness (QED) is 0.321. The van der Waals surface area contributed by atoms with E-state index < -0.39 is 20.0 Å². The number of rotatable bonds is 7. The third-order valence-corrected chi connectivity index (χ3v) is 9.91. The summed E-state index contributed by atoms with van der Waals surface area (Å²) in [7, 11) is -3.69. The summed E-state index contributed by atoms with van der Waals surface area (Å²) in [6.45, 7) is 1.38. The fraction of sp³-hybridized carbons (Fsp3) is 0.286. The molecule has 0 bridgehead atoms. The number of aromatic nitrogens is 1. The molecule has 3 aromatic carbocycles. The molecule has 202 valence electrons. The molecule has 2 heterocycles. The normalized spacial score (nSPS) is 14.5. The van der Waals surface area contributed by atoms with Crippen molar-refractivity contribution in [3.63, 3.8) is 0 Å². The Hall–Kier alpha value is -3.34. The second-order valence-electron chi connectivity index (χ2n) is 8.90. The van der Waals surface area contributed by atoms with E-state index in [2.05, 4.69) is 0 Å². The van der Waals surface area contributed by atoms with Crippen LogP contribution in [0.4, 0.5) is 0 Å². The van der Waals surface area contributed by atoms with Gasteiger partial charge in [0.15, 0.2) is 11.5 Å². The van der Waals surface area contributed by atoms with E-state index in [9.17, 15) is 16.8 Å². The van der Waals surface area contributed by atoms with Crippen molar-refractivity contribution in [1.29, 1.82) is 0 Å². The van der Waals surface area contributed by atoms with Crippen molar-refractivity contribution in [3.8, 4) is 11.5 Å². The highest BCUT2D eigenvalue weighted by molar-refractivity contribution is 7.90. The highest BCUT2D eigenvalue weighted by Gasteiger charge is 2.24. The van der Waals surface area contributed by atoms with Crippen molar-refractivity contribution in [3.05, 3.63) is 90.6 Å². The van der Waals surface area contributed by atoms with Gasteiger partial charge in [-0.15, -0.1) is 0 Å². The molecule has 0 aliphatic carbocycles. The van der Waals surface area contributed by atoms with Crippen LogP contribution in [0.25, 0.3) is 10.9 Å². The lowest BCUT2D eigenvalue weighted by Crippen LogP contribution is -2.36. The average molecular weight is 557 g/mol. The van der Waals surface area contributed by atoms with Gasteiger partial charge in [0.1, 0.15) is 0 Å². The molecular weight excluding hydrogens is 524 g/mol. The van der Waals surface area contributed by atoms with Crippen LogP contribution >= 0.6 is 0 Å². The maximum absolute atomic E-state index is 12.8. The molecule has 0 amide bonds. The first-order valence-corrected chi connectivity index (χ1v) is 15.4. The Kier molecular flexibility index (Phi) is 8.76. The van der Waals surface area contributed by atoms with Gasteiger partial charge in [-0.25, -0.2) is 25.1 Å². The standard InChI is InChI=1S/C16H15NO4S.C12H17NO2S/c1-20-15-10-12-8-9-17(14(12)11-16(15)21-2)22(18,19)13-6-4-3-5-7-13;14-16(15,13-9-5-2-6-10-13)11-12-7-3-1-4-8-12/h3-11H,1-2H3;1,3-4,7-8H,2,5-6,9-11H2. The lowest BCUT2D eigenvalue weighted by molar-refractivity contribution is 0.346. The Bertz CT molecular complexity index is 1560. The lowest BCUT2D eigenvalue weighted by atomic mass is 10.2. The van der Waals surface area contributed by atoms with Crippen LogP contribution in [0, 0.1) is 0 Å². The Morgan fingerprint density at radius 2 is 1.32 bits per heavy atom. The molecular formula is C28H32N2O6S2. The third kappa shape index (κ3) is 6.20. The number of hydrogen-bond acceptors (Lipinski definition) is 6. The Morgan fingerprint density at radius 3 is 1.92 bits per heavy atom. The minimum absolute atomic E-state index is 0.133. The highest BCUT2D eigenvalue weighted by atomic mass is 32.2. The number of piperidine rings is 1. The first kappa shape index (κ1) is 27.7. The van der Waals surface area contributed by atoms with E-state index in [4.69, 9.17) is 9.47 Å². The SMILES string of the molecule is COc1cc2ccn(S(=O)(=O)c3ccccc3)c2cc1OC.O=S(=O)(Cc1ccccc1)N1CCCCC1. The van der Waals surface area contributed by atoms with Crippen molar-refractivity contribution in [2.75, 3.05) is 27.3 Å². The Morgan fingerprint density at radius 1 is 0.737 bits per heavy atom. The fourth-order valence-corrected chi connectivity index (χ4v) is 7.35. The molecule has 5 rings (SSSR count).